The molecule has 8 N–H and O–H groups in total. The van der Waals surface area contributed by atoms with E-state index in [4.69, 9.17) is 11.5 Å². The minimum Gasteiger partial charge on any atom is -0.382 e. The van der Waals surface area contributed by atoms with Gasteiger partial charge in [0.2, 0.25) is 5.91 Å². The number of hydrogen-bond donors (Lipinski definition) is 6. The van der Waals surface area contributed by atoms with Crippen LogP contribution < -0.4 is 21.5 Å². The molecule has 1 atom stereocenters. The van der Waals surface area contributed by atoms with Crippen molar-refractivity contribution in [2.24, 2.45) is 17.6 Å². The molecule has 1 unspecified atom stereocenters. The molecule has 1 aliphatic rings. The van der Waals surface area contributed by atoms with Crippen LogP contribution in [0.4, 0.5) is 11.5 Å². The van der Waals surface area contributed by atoms with Crippen LogP contribution >= 0.6 is 0 Å². The van der Waals surface area contributed by atoms with Gasteiger partial charge in [0.1, 0.15) is 5.82 Å². The maximum absolute atomic E-state index is 13.5. The van der Waals surface area contributed by atoms with E-state index in [2.05, 4.69) is 30.2 Å². The highest BCUT2D eigenvalue weighted by Crippen LogP contribution is 2.30. The zero-order valence-electron chi connectivity index (χ0n) is 24.2. The second kappa shape index (κ2) is 12.5. The molecule has 1 fully saturated rings. The first-order valence-corrected chi connectivity index (χ1v) is 16.2. The van der Waals surface area contributed by atoms with Crippen LogP contribution in [0.5, 0.6) is 0 Å². The number of imidazole rings is 1. The standard InChI is InChI=1S/C32H36N8O3S/c33-18-20-9-11-22(12-10-20)32(41)37-28(31-35-19-29(36-31)23-13-14-26-27(17-23)38-39-30(26)34)16-21-5-4-6-24(15-21)40-44(42,43)25-7-2-1-3-8-25/h1-8,13-15,17,19-20,22,28,40H,9-12,16,18,33H2,(H,35,36)(H,37,41)(H3,34,38,39). The van der Waals surface area contributed by atoms with Crippen molar-refractivity contribution in [3.63, 3.8) is 0 Å². The molecule has 2 aromatic heterocycles. The first-order valence-electron chi connectivity index (χ1n) is 14.7. The molecule has 1 saturated carbocycles. The molecule has 44 heavy (non-hydrogen) atoms. The lowest BCUT2D eigenvalue weighted by Gasteiger charge is -2.28. The average molecular weight is 613 g/mol. The highest BCUT2D eigenvalue weighted by Gasteiger charge is 2.28. The van der Waals surface area contributed by atoms with Crippen LogP contribution in [0.3, 0.4) is 0 Å². The van der Waals surface area contributed by atoms with Crippen LogP contribution in [0.1, 0.15) is 43.1 Å². The number of hydrogen-bond acceptors (Lipinski definition) is 7. The lowest BCUT2D eigenvalue weighted by atomic mass is 9.81. The largest absolute Gasteiger partial charge is 0.382 e. The number of sulfonamides is 1. The van der Waals surface area contributed by atoms with E-state index in [1.165, 1.54) is 0 Å². The molecule has 12 heteroatoms. The number of aromatic amines is 2. The molecule has 6 rings (SSSR count). The molecule has 228 valence electrons. The van der Waals surface area contributed by atoms with Crippen molar-refractivity contribution in [2.75, 3.05) is 17.0 Å². The Kier molecular flexibility index (Phi) is 8.36. The number of carbonyl (C=O) groups is 1. The molecule has 0 radical (unpaired) electrons. The van der Waals surface area contributed by atoms with Gasteiger partial charge < -0.3 is 21.8 Å². The van der Waals surface area contributed by atoms with Crippen LogP contribution in [-0.4, -0.2) is 41.0 Å². The summed E-state index contributed by atoms with van der Waals surface area (Å²) in [7, 11) is -3.75. The third-order valence-electron chi connectivity index (χ3n) is 8.37. The molecule has 11 nitrogen and oxygen atoms in total. The van der Waals surface area contributed by atoms with E-state index in [-0.39, 0.29) is 16.7 Å². The van der Waals surface area contributed by atoms with Gasteiger partial charge in [-0.15, -0.1) is 0 Å². The van der Waals surface area contributed by atoms with Crippen molar-refractivity contribution in [1.29, 1.82) is 0 Å². The zero-order valence-corrected chi connectivity index (χ0v) is 25.0. The Bertz CT molecular complexity index is 1860. The summed E-state index contributed by atoms with van der Waals surface area (Å²) in [5, 5.41) is 11.1. The van der Waals surface area contributed by atoms with Gasteiger partial charge in [0.15, 0.2) is 5.82 Å². The number of nitrogens with one attached hydrogen (secondary N) is 4. The highest BCUT2D eigenvalue weighted by atomic mass is 32.2. The molecule has 3 aromatic carbocycles. The molecular weight excluding hydrogens is 576 g/mol. The van der Waals surface area contributed by atoms with E-state index < -0.39 is 16.1 Å². The number of benzene rings is 3. The molecule has 0 aliphatic heterocycles. The maximum Gasteiger partial charge on any atom is 0.261 e. The van der Waals surface area contributed by atoms with Gasteiger partial charge in [-0.25, -0.2) is 13.4 Å². The number of carbonyl (C=O) groups excluding carboxylic acids is 1. The normalized spacial score (nSPS) is 17.8. The van der Waals surface area contributed by atoms with Crippen molar-refractivity contribution in [2.45, 2.75) is 43.0 Å². The summed E-state index contributed by atoms with van der Waals surface area (Å²) in [5.41, 5.74) is 15.5. The predicted octanol–water partition coefficient (Wildman–Crippen LogP) is 4.50. The summed E-state index contributed by atoms with van der Waals surface area (Å²) in [6.07, 6.45) is 5.62. The molecular formula is C32H36N8O3S. The Morgan fingerprint density at radius 3 is 2.57 bits per heavy atom. The molecule has 2 heterocycles. The lowest BCUT2D eigenvalue weighted by molar-refractivity contribution is -0.127. The van der Waals surface area contributed by atoms with Crippen molar-refractivity contribution < 1.29 is 13.2 Å². The summed E-state index contributed by atoms with van der Waals surface area (Å²) >= 11 is 0. The van der Waals surface area contributed by atoms with Gasteiger partial charge in [0, 0.05) is 22.6 Å². The number of amides is 1. The zero-order chi connectivity index (χ0) is 30.7. The van der Waals surface area contributed by atoms with E-state index in [0.29, 0.717) is 36.2 Å². The fraction of sp³-hybridized carbons (Fsp3) is 0.281. The lowest BCUT2D eigenvalue weighted by Crippen LogP contribution is -2.37. The third-order valence-corrected chi connectivity index (χ3v) is 9.77. The molecule has 1 aliphatic carbocycles. The first kappa shape index (κ1) is 29.4. The van der Waals surface area contributed by atoms with E-state index >= 15 is 0 Å². The fourth-order valence-electron chi connectivity index (χ4n) is 5.85. The number of nitrogen functional groups attached to an aromatic ring is 1. The van der Waals surface area contributed by atoms with Gasteiger partial charge in [-0.2, -0.15) is 5.10 Å². The smallest absolute Gasteiger partial charge is 0.261 e. The summed E-state index contributed by atoms with van der Waals surface area (Å²) in [4.78, 5) is 21.8. The van der Waals surface area contributed by atoms with Gasteiger partial charge in [-0.1, -0.05) is 36.4 Å². The summed E-state index contributed by atoms with van der Waals surface area (Å²) in [6, 6.07) is 20.7. The average Bonchev–Trinajstić information content (AvgIpc) is 3.68. The molecule has 0 saturated heterocycles. The molecule has 0 bridgehead atoms. The second-order valence-electron chi connectivity index (χ2n) is 11.4. The van der Waals surface area contributed by atoms with Crippen LogP contribution in [0.25, 0.3) is 22.2 Å². The van der Waals surface area contributed by atoms with Crippen LogP contribution in [-0.2, 0) is 21.2 Å². The minimum atomic E-state index is -3.75. The Balaban J connectivity index is 1.25. The van der Waals surface area contributed by atoms with E-state index in [1.54, 1.807) is 54.7 Å². The number of fused-ring (bicyclic) bond motifs is 1. The number of anilines is 2. The van der Waals surface area contributed by atoms with Crippen LogP contribution in [0, 0.1) is 11.8 Å². The van der Waals surface area contributed by atoms with Gasteiger partial charge >= 0.3 is 0 Å². The number of aromatic nitrogens is 4. The topological polar surface area (TPSA) is 185 Å². The number of H-pyrrole nitrogens is 2. The van der Waals surface area contributed by atoms with Gasteiger partial charge in [-0.3, -0.25) is 14.6 Å². The van der Waals surface area contributed by atoms with E-state index in [0.717, 1.165) is 53.4 Å². The Hall–Kier alpha value is -4.68. The van der Waals surface area contributed by atoms with Crippen molar-refractivity contribution >= 4 is 38.3 Å². The van der Waals surface area contributed by atoms with Crippen molar-refractivity contribution in [3.05, 3.63) is 90.4 Å². The minimum absolute atomic E-state index is 0.0151. The quantitative estimate of drug-likeness (QED) is 0.134. The van der Waals surface area contributed by atoms with E-state index in [1.807, 2.05) is 24.3 Å². The number of nitrogens with zero attached hydrogens (tertiary/aromatic N) is 2. The maximum atomic E-state index is 13.5. The molecule has 1 amide bonds. The Morgan fingerprint density at radius 2 is 1.80 bits per heavy atom. The van der Waals surface area contributed by atoms with Gasteiger partial charge in [-0.05, 0) is 86.5 Å². The SMILES string of the molecule is NCC1CCC(C(=O)NC(Cc2cccc(NS(=O)(=O)c3ccccc3)c2)c2ncc(-c3ccc4c(N)n[nH]c4c3)[nH]2)CC1. The first-order chi connectivity index (χ1) is 21.3. The van der Waals surface area contributed by atoms with Crippen LogP contribution in [0.15, 0.2) is 83.9 Å². The summed E-state index contributed by atoms with van der Waals surface area (Å²) in [6.45, 7) is 0.646. The fourth-order valence-corrected chi connectivity index (χ4v) is 6.92. The third kappa shape index (κ3) is 6.46. The van der Waals surface area contributed by atoms with Gasteiger partial charge in [0.25, 0.3) is 10.0 Å². The van der Waals surface area contributed by atoms with Crippen molar-refractivity contribution in [1.82, 2.24) is 25.5 Å². The number of rotatable bonds is 10. The van der Waals surface area contributed by atoms with Crippen LogP contribution in [0.2, 0.25) is 0 Å². The highest BCUT2D eigenvalue weighted by molar-refractivity contribution is 7.92. The molecule has 0 spiro atoms. The number of nitrogens with two attached hydrogens (primary N) is 2. The van der Waals surface area contributed by atoms with Crippen molar-refractivity contribution in [3.8, 4) is 11.3 Å². The predicted molar refractivity (Wildman–Crippen MR) is 171 cm³/mol. The van der Waals surface area contributed by atoms with E-state index in [9.17, 15) is 13.2 Å². The van der Waals surface area contributed by atoms with Gasteiger partial charge in [0.05, 0.1) is 28.3 Å². The monoisotopic (exact) mass is 612 g/mol. The Morgan fingerprint density at radius 1 is 1.00 bits per heavy atom. The summed E-state index contributed by atoms with van der Waals surface area (Å²) in [5.74, 6) is 1.40. The second-order valence-corrected chi connectivity index (χ2v) is 13.1. The summed E-state index contributed by atoms with van der Waals surface area (Å²) < 4.78 is 28.5. The molecule has 5 aromatic rings. The Labute approximate surface area is 255 Å².